The Labute approximate surface area is 235 Å². The monoisotopic (exact) mass is 561 g/mol. The molecular formula is C28H31N7O2S2. The number of ether oxygens (including phenoxy) is 2. The van der Waals surface area contributed by atoms with E-state index in [0.717, 1.165) is 82.7 Å². The summed E-state index contributed by atoms with van der Waals surface area (Å²) in [5.41, 5.74) is 2.73. The minimum absolute atomic E-state index is 0.263. The molecule has 4 aromatic heterocycles. The quantitative estimate of drug-likeness (QED) is 0.231. The van der Waals surface area contributed by atoms with Crippen molar-refractivity contribution < 1.29 is 9.47 Å². The fraction of sp³-hybridized carbons (Fsp3) is 0.500. The first kappa shape index (κ1) is 25.1. The lowest BCUT2D eigenvalue weighted by molar-refractivity contribution is 0.0812. The molecule has 11 heteroatoms. The third kappa shape index (κ3) is 4.73. The predicted molar refractivity (Wildman–Crippen MR) is 152 cm³/mol. The zero-order chi connectivity index (χ0) is 26.4. The van der Waals surface area contributed by atoms with Crippen molar-refractivity contribution in [3.8, 4) is 28.0 Å². The largest absolute Gasteiger partial charge is 0.452 e. The van der Waals surface area contributed by atoms with E-state index in [-0.39, 0.29) is 5.54 Å². The van der Waals surface area contributed by atoms with Gasteiger partial charge in [0.05, 0.1) is 41.1 Å². The minimum Gasteiger partial charge on any atom is -0.452 e. The molecule has 0 aromatic carbocycles. The highest BCUT2D eigenvalue weighted by Gasteiger charge is 2.45. The highest BCUT2D eigenvalue weighted by atomic mass is 32.2. The SMILES string of the molecule is CCSN1CC(CC#N)(n2cc(-c3cc4nccc(Oc5cn(C6CC6)nc5C5CCOCC5)c4s3)cn2)C1. The van der Waals surface area contributed by atoms with Crippen LogP contribution in [-0.2, 0) is 10.3 Å². The second-order valence-electron chi connectivity index (χ2n) is 10.7. The summed E-state index contributed by atoms with van der Waals surface area (Å²) in [6, 6.07) is 6.93. The van der Waals surface area contributed by atoms with E-state index in [0.29, 0.717) is 18.4 Å². The highest BCUT2D eigenvalue weighted by molar-refractivity contribution is 7.97. The smallest absolute Gasteiger partial charge is 0.168 e. The lowest BCUT2D eigenvalue weighted by atomic mass is 9.89. The van der Waals surface area contributed by atoms with E-state index in [1.165, 1.54) is 12.8 Å². The number of fused-ring (bicyclic) bond motifs is 1. The molecule has 7 rings (SSSR count). The maximum absolute atomic E-state index is 9.50. The first-order valence-corrected chi connectivity index (χ1v) is 15.5. The topological polar surface area (TPSA) is 94.0 Å². The van der Waals surface area contributed by atoms with Crippen LogP contribution in [0.5, 0.6) is 11.5 Å². The third-order valence-corrected chi connectivity index (χ3v) is 9.93. The van der Waals surface area contributed by atoms with Crippen LogP contribution >= 0.6 is 23.3 Å². The molecule has 2 aliphatic heterocycles. The summed E-state index contributed by atoms with van der Waals surface area (Å²) < 4.78 is 19.6. The Balaban J connectivity index is 1.18. The Morgan fingerprint density at radius 2 is 2.05 bits per heavy atom. The molecule has 9 nitrogen and oxygen atoms in total. The number of nitriles is 1. The molecule has 0 N–H and O–H groups in total. The minimum atomic E-state index is -0.263. The second kappa shape index (κ2) is 10.2. The number of hydrogen-bond acceptors (Lipinski definition) is 9. The summed E-state index contributed by atoms with van der Waals surface area (Å²) in [6.07, 6.45) is 12.6. The van der Waals surface area contributed by atoms with E-state index in [4.69, 9.17) is 19.7 Å². The van der Waals surface area contributed by atoms with E-state index >= 15 is 0 Å². The van der Waals surface area contributed by atoms with Crippen LogP contribution in [0, 0.1) is 11.3 Å². The average molecular weight is 562 g/mol. The van der Waals surface area contributed by atoms with Gasteiger partial charge in [-0.25, -0.2) is 4.31 Å². The molecule has 0 amide bonds. The molecule has 202 valence electrons. The zero-order valence-electron chi connectivity index (χ0n) is 22.0. The Kier molecular flexibility index (Phi) is 6.59. The van der Waals surface area contributed by atoms with Gasteiger partial charge in [0.1, 0.15) is 17.0 Å². The summed E-state index contributed by atoms with van der Waals surface area (Å²) in [6.45, 7) is 5.35. The zero-order valence-corrected chi connectivity index (χ0v) is 23.6. The Morgan fingerprint density at radius 1 is 1.21 bits per heavy atom. The first-order valence-electron chi connectivity index (χ1n) is 13.7. The van der Waals surface area contributed by atoms with Crippen LogP contribution in [0.4, 0.5) is 0 Å². The van der Waals surface area contributed by atoms with Crippen molar-refractivity contribution >= 4 is 33.5 Å². The van der Waals surface area contributed by atoms with Crippen LogP contribution in [-0.4, -0.2) is 60.9 Å². The van der Waals surface area contributed by atoms with Crippen LogP contribution in [0.2, 0.25) is 0 Å². The number of nitrogens with zero attached hydrogens (tertiary/aromatic N) is 7. The van der Waals surface area contributed by atoms with Gasteiger partial charge < -0.3 is 9.47 Å². The molecule has 3 fully saturated rings. The molecule has 3 aliphatic rings. The van der Waals surface area contributed by atoms with E-state index in [2.05, 4.69) is 45.4 Å². The van der Waals surface area contributed by atoms with E-state index in [1.807, 2.05) is 35.1 Å². The highest BCUT2D eigenvalue weighted by Crippen LogP contribution is 2.44. The summed E-state index contributed by atoms with van der Waals surface area (Å²) in [5.74, 6) is 3.04. The standard InChI is InChI=1S/C28H31N7O2S2/c1-2-38-33-17-28(18-33,8-9-29)35-15-20(14-31-35)25-13-22-27(39-25)23(5-10-30-22)37-24-16-34(21-3-4-21)32-26(24)19-6-11-36-12-7-19/h5,10,13-16,19,21H,2-4,6-8,11-12,17-18H2,1H3. The molecule has 2 saturated heterocycles. The molecular weight excluding hydrogens is 530 g/mol. The molecule has 6 heterocycles. The van der Waals surface area contributed by atoms with E-state index in [9.17, 15) is 5.26 Å². The molecule has 0 bridgehead atoms. The molecule has 0 atom stereocenters. The van der Waals surface area contributed by atoms with Crippen molar-refractivity contribution in [2.24, 2.45) is 0 Å². The maximum Gasteiger partial charge on any atom is 0.168 e. The Hall–Kier alpha value is -2.91. The van der Waals surface area contributed by atoms with Crippen LogP contribution in [0.15, 0.2) is 36.9 Å². The van der Waals surface area contributed by atoms with Crippen molar-refractivity contribution in [2.75, 3.05) is 32.1 Å². The van der Waals surface area contributed by atoms with Gasteiger partial charge in [-0.3, -0.25) is 14.3 Å². The Bertz CT molecular complexity index is 1520. The predicted octanol–water partition coefficient (Wildman–Crippen LogP) is 5.97. The average Bonchev–Trinajstić information content (AvgIpc) is 3.32. The van der Waals surface area contributed by atoms with Crippen molar-refractivity contribution in [3.63, 3.8) is 0 Å². The van der Waals surface area contributed by atoms with Gasteiger partial charge in [0, 0.05) is 66.9 Å². The van der Waals surface area contributed by atoms with Gasteiger partial charge in [-0.2, -0.15) is 15.5 Å². The lowest BCUT2D eigenvalue weighted by Gasteiger charge is -2.48. The van der Waals surface area contributed by atoms with E-state index < -0.39 is 0 Å². The number of thiophene rings is 1. The number of hydrogen-bond donors (Lipinski definition) is 0. The van der Waals surface area contributed by atoms with Crippen LogP contribution in [0.1, 0.15) is 56.7 Å². The Morgan fingerprint density at radius 3 is 2.82 bits per heavy atom. The number of rotatable bonds is 9. The van der Waals surface area contributed by atoms with Gasteiger partial charge in [0.15, 0.2) is 5.75 Å². The summed E-state index contributed by atoms with van der Waals surface area (Å²) >= 11 is 3.48. The van der Waals surface area contributed by atoms with E-state index in [1.54, 1.807) is 11.3 Å². The van der Waals surface area contributed by atoms with Gasteiger partial charge in [0.2, 0.25) is 0 Å². The van der Waals surface area contributed by atoms with Crippen molar-refractivity contribution in [1.29, 1.82) is 5.26 Å². The summed E-state index contributed by atoms with van der Waals surface area (Å²) in [7, 11) is 0. The fourth-order valence-electron chi connectivity index (χ4n) is 5.58. The van der Waals surface area contributed by atoms with Gasteiger partial charge in [-0.15, -0.1) is 11.3 Å². The fourth-order valence-corrected chi connectivity index (χ4v) is 7.65. The van der Waals surface area contributed by atoms with Crippen LogP contribution in [0.25, 0.3) is 20.7 Å². The summed E-state index contributed by atoms with van der Waals surface area (Å²) in [5, 5.41) is 19.2. The number of aromatic nitrogens is 5. The molecule has 4 aromatic rings. The van der Waals surface area contributed by atoms with Crippen molar-refractivity contribution in [3.05, 3.63) is 42.6 Å². The van der Waals surface area contributed by atoms with Crippen molar-refractivity contribution in [2.45, 2.75) is 56.5 Å². The normalized spacial score (nSPS) is 19.7. The lowest BCUT2D eigenvalue weighted by Crippen LogP contribution is -2.60. The molecule has 1 saturated carbocycles. The summed E-state index contributed by atoms with van der Waals surface area (Å²) in [4.78, 5) is 5.73. The molecule has 0 radical (unpaired) electrons. The molecule has 1 aliphatic carbocycles. The second-order valence-corrected chi connectivity index (χ2v) is 13.1. The van der Waals surface area contributed by atoms with Gasteiger partial charge in [-0.1, -0.05) is 18.9 Å². The molecule has 0 unspecified atom stereocenters. The third-order valence-electron chi connectivity index (χ3n) is 7.86. The number of pyridine rings is 1. The molecule has 0 spiro atoms. The van der Waals surface area contributed by atoms with Gasteiger partial charge in [-0.05, 0) is 31.7 Å². The maximum atomic E-state index is 9.50. The van der Waals surface area contributed by atoms with Crippen molar-refractivity contribution in [1.82, 2.24) is 28.9 Å². The van der Waals surface area contributed by atoms with Crippen LogP contribution < -0.4 is 4.74 Å². The van der Waals surface area contributed by atoms with Gasteiger partial charge >= 0.3 is 0 Å². The molecule has 39 heavy (non-hydrogen) atoms. The van der Waals surface area contributed by atoms with Gasteiger partial charge in [0.25, 0.3) is 0 Å². The first-order chi connectivity index (χ1) is 19.2. The van der Waals surface area contributed by atoms with Crippen LogP contribution in [0.3, 0.4) is 0 Å².